The Morgan fingerprint density at radius 3 is 1.83 bits per heavy atom. The van der Waals surface area contributed by atoms with Gasteiger partial charge in [-0.3, -0.25) is 0 Å². The maximum Gasteiger partial charge on any atom is 0.323 e. The number of carbonyl (C=O) groups is 1. The van der Waals surface area contributed by atoms with Crippen LogP contribution in [0, 0.1) is 0 Å². The van der Waals surface area contributed by atoms with Gasteiger partial charge in [-0.05, 0) is 48.5 Å². The van der Waals surface area contributed by atoms with E-state index < -0.39 is 0 Å². The lowest BCUT2D eigenvalue weighted by Crippen LogP contribution is -2.19. The van der Waals surface area contributed by atoms with Gasteiger partial charge in [-0.25, -0.2) is 4.79 Å². The van der Waals surface area contributed by atoms with Gasteiger partial charge in [0.25, 0.3) is 0 Å². The average Bonchev–Trinajstić information content (AvgIpc) is 2.35. The van der Waals surface area contributed by atoms with Gasteiger partial charge < -0.3 is 15.7 Å². The molecule has 0 aliphatic rings. The number of amides is 2. The summed E-state index contributed by atoms with van der Waals surface area (Å²) >= 11 is 5.74. The fourth-order valence-corrected chi connectivity index (χ4v) is 1.50. The zero-order valence-corrected chi connectivity index (χ0v) is 10.1. The van der Waals surface area contributed by atoms with E-state index >= 15 is 0 Å². The number of carbonyl (C=O) groups excluding carboxylic acids is 1. The van der Waals surface area contributed by atoms with E-state index in [2.05, 4.69) is 10.6 Å². The normalized spacial score (nSPS) is 9.83. The fourth-order valence-electron chi connectivity index (χ4n) is 1.37. The molecule has 4 nitrogen and oxygen atoms in total. The van der Waals surface area contributed by atoms with Crippen molar-refractivity contribution in [1.82, 2.24) is 0 Å². The first-order chi connectivity index (χ1) is 8.63. The van der Waals surface area contributed by atoms with Gasteiger partial charge in [-0.15, -0.1) is 0 Å². The monoisotopic (exact) mass is 262 g/mol. The van der Waals surface area contributed by atoms with Crippen LogP contribution in [0.5, 0.6) is 5.75 Å². The van der Waals surface area contributed by atoms with Gasteiger partial charge in [0.15, 0.2) is 0 Å². The predicted octanol–water partition coefficient (Wildman–Crippen LogP) is 3.69. The van der Waals surface area contributed by atoms with Crippen LogP contribution in [0.25, 0.3) is 0 Å². The van der Waals surface area contributed by atoms with Crippen molar-refractivity contribution in [1.29, 1.82) is 0 Å². The van der Waals surface area contributed by atoms with Crippen molar-refractivity contribution < 1.29 is 9.90 Å². The second kappa shape index (κ2) is 5.42. The molecule has 0 aliphatic carbocycles. The first-order valence-electron chi connectivity index (χ1n) is 5.26. The molecule has 5 heteroatoms. The number of phenolic OH excluding ortho intramolecular Hbond substituents is 1. The number of aromatic hydroxyl groups is 1. The summed E-state index contributed by atoms with van der Waals surface area (Å²) in [5.74, 6) is 0.152. The Morgan fingerprint density at radius 2 is 1.33 bits per heavy atom. The molecule has 18 heavy (non-hydrogen) atoms. The van der Waals surface area contributed by atoms with Gasteiger partial charge in [0.2, 0.25) is 0 Å². The van der Waals surface area contributed by atoms with Crippen LogP contribution in [0.15, 0.2) is 48.5 Å². The van der Waals surface area contributed by atoms with Crippen LogP contribution >= 0.6 is 11.6 Å². The van der Waals surface area contributed by atoms with Crippen LogP contribution in [0.3, 0.4) is 0 Å². The molecule has 0 atom stereocenters. The third kappa shape index (κ3) is 3.40. The highest BCUT2D eigenvalue weighted by Gasteiger charge is 2.02. The second-order valence-corrected chi connectivity index (χ2v) is 4.07. The highest BCUT2D eigenvalue weighted by atomic mass is 35.5. The van der Waals surface area contributed by atoms with Crippen molar-refractivity contribution in [3.05, 3.63) is 53.6 Å². The number of anilines is 2. The molecule has 0 aromatic heterocycles. The first kappa shape index (κ1) is 12.3. The van der Waals surface area contributed by atoms with Gasteiger partial charge in [0.05, 0.1) is 0 Å². The van der Waals surface area contributed by atoms with Crippen molar-refractivity contribution >= 4 is 29.0 Å². The minimum atomic E-state index is -0.358. The first-order valence-corrected chi connectivity index (χ1v) is 5.64. The van der Waals surface area contributed by atoms with Crippen LogP contribution < -0.4 is 10.6 Å². The summed E-state index contributed by atoms with van der Waals surface area (Å²) in [5.41, 5.74) is 1.25. The largest absolute Gasteiger partial charge is 0.508 e. The molecule has 0 saturated heterocycles. The number of phenols is 1. The number of halogens is 1. The van der Waals surface area contributed by atoms with Gasteiger partial charge in [-0.2, -0.15) is 0 Å². The van der Waals surface area contributed by atoms with E-state index in [9.17, 15) is 4.79 Å². The van der Waals surface area contributed by atoms with Crippen molar-refractivity contribution in [2.45, 2.75) is 0 Å². The Labute approximate surface area is 109 Å². The molecule has 2 amide bonds. The van der Waals surface area contributed by atoms with E-state index in [1.807, 2.05) is 0 Å². The molecule has 0 aliphatic heterocycles. The van der Waals surface area contributed by atoms with Crippen LogP contribution in [0.1, 0.15) is 0 Å². The maximum absolute atomic E-state index is 11.6. The van der Waals surface area contributed by atoms with Crippen LogP contribution in [0.4, 0.5) is 16.2 Å². The highest BCUT2D eigenvalue weighted by Crippen LogP contribution is 2.15. The third-order valence-electron chi connectivity index (χ3n) is 2.23. The summed E-state index contributed by atoms with van der Waals surface area (Å²) in [6.07, 6.45) is 0. The lowest BCUT2D eigenvalue weighted by atomic mass is 10.3. The van der Waals surface area contributed by atoms with E-state index in [1.54, 1.807) is 36.4 Å². The summed E-state index contributed by atoms with van der Waals surface area (Å²) in [6, 6.07) is 12.7. The topological polar surface area (TPSA) is 61.4 Å². The molecular weight excluding hydrogens is 252 g/mol. The molecule has 0 spiro atoms. The minimum absolute atomic E-state index is 0.152. The van der Waals surface area contributed by atoms with E-state index in [0.29, 0.717) is 16.4 Å². The fraction of sp³-hybridized carbons (Fsp3) is 0. The Balaban J connectivity index is 1.96. The molecule has 0 fully saturated rings. The number of benzene rings is 2. The van der Waals surface area contributed by atoms with E-state index in [4.69, 9.17) is 16.7 Å². The molecular formula is C13H11ClN2O2. The number of urea groups is 1. The Morgan fingerprint density at radius 1 is 0.889 bits per heavy atom. The van der Waals surface area contributed by atoms with Crippen LogP contribution in [-0.2, 0) is 0 Å². The van der Waals surface area contributed by atoms with Crippen LogP contribution in [0.2, 0.25) is 5.02 Å². The van der Waals surface area contributed by atoms with Crippen LogP contribution in [-0.4, -0.2) is 11.1 Å². The van der Waals surface area contributed by atoms with Gasteiger partial charge >= 0.3 is 6.03 Å². The van der Waals surface area contributed by atoms with Gasteiger partial charge in [0, 0.05) is 16.4 Å². The minimum Gasteiger partial charge on any atom is -0.508 e. The number of hydrogen-bond donors (Lipinski definition) is 3. The second-order valence-electron chi connectivity index (χ2n) is 3.63. The summed E-state index contributed by atoms with van der Waals surface area (Å²) < 4.78 is 0. The van der Waals surface area contributed by atoms with E-state index in [0.717, 1.165) is 0 Å². The molecule has 92 valence electrons. The van der Waals surface area contributed by atoms with E-state index in [-0.39, 0.29) is 11.8 Å². The SMILES string of the molecule is O=C(Nc1ccc(O)cc1)Nc1ccc(Cl)cc1. The Bertz CT molecular complexity index is 488. The predicted molar refractivity (Wildman–Crippen MR) is 72.2 cm³/mol. The molecule has 0 heterocycles. The Kier molecular flexibility index (Phi) is 3.69. The quantitative estimate of drug-likeness (QED) is 0.723. The molecule has 2 aromatic carbocycles. The zero-order valence-electron chi connectivity index (χ0n) is 9.35. The molecule has 3 N–H and O–H groups in total. The molecule has 2 rings (SSSR count). The summed E-state index contributed by atoms with van der Waals surface area (Å²) in [4.78, 5) is 11.6. The molecule has 0 radical (unpaired) electrons. The number of nitrogens with one attached hydrogen (secondary N) is 2. The molecule has 0 saturated carbocycles. The highest BCUT2D eigenvalue weighted by molar-refractivity contribution is 6.30. The smallest absolute Gasteiger partial charge is 0.323 e. The van der Waals surface area contributed by atoms with Crippen molar-refractivity contribution in [3.63, 3.8) is 0 Å². The summed E-state index contributed by atoms with van der Waals surface area (Å²) in [6.45, 7) is 0. The standard InChI is InChI=1S/C13H11ClN2O2/c14-9-1-3-10(4-2-9)15-13(18)16-11-5-7-12(17)8-6-11/h1-8,17H,(H2,15,16,18). The van der Waals surface area contributed by atoms with Crippen molar-refractivity contribution in [3.8, 4) is 5.75 Å². The van der Waals surface area contributed by atoms with Crippen molar-refractivity contribution in [2.75, 3.05) is 10.6 Å². The maximum atomic E-state index is 11.6. The molecule has 0 bridgehead atoms. The lowest BCUT2D eigenvalue weighted by molar-refractivity contribution is 0.262. The lowest BCUT2D eigenvalue weighted by Gasteiger charge is -2.07. The molecule has 2 aromatic rings. The number of hydrogen-bond acceptors (Lipinski definition) is 2. The Hall–Kier alpha value is -2.20. The van der Waals surface area contributed by atoms with Crippen molar-refractivity contribution in [2.24, 2.45) is 0 Å². The third-order valence-corrected chi connectivity index (χ3v) is 2.48. The molecule has 0 unspecified atom stereocenters. The van der Waals surface area contributed by atoms with Gasteiger partial charge in [-0.1, -0.05) is 11.6 Å². The van der Waals surface area contributed by atoms with E-state index in [1.165, 1.54) is 12.1 Å². The summed E-state index contributed by atoms with van der Waals surface area (Å²) in [5, 5.41) is 15.0. The van der Waals surface area contributed by atoms with Gasteiger partial charge in [0.1, 0.15) is 5.75 Å². The summed E-state index contributed by atoms with van der Waals surface area (Å²) in [7, 11) is 0. The average molecular weight is 263 g/mol. The number of rotatable bonds is 2. The zero-order chi connectivity index (χ0) is 13.0.